The van der Waals surface area contributed by atoms with Crippen molar-refractivity contribution in [1.29, 1.82) is 0 Å². The predicted molar refractivity (Wildman–Crippen MR) is 106 cm³/mol. The predicted octanol–water partition coefficient (Wildman–Crippen LogP) is 4.13. The number of carbonyl (C=O) groups excluding carboxylic acids is 1. The summed E-state index contributed by atoms with van der Waals surface area (Å²) in [5, 5.41) is 0. The molecular formula is C21H23BrNO4+. The zero-order chi connectivity index (χ0) is 19.2. The number of rotatable bonds is 4. The third kappa shape index (κ3) is 3.21. The lowest BCUT2D eigenvalue weighted by Gasteiger charge is -2.43. The fourth-order valence-electron chi connectivity index (χ4n) is 4.04. The van der Waals surface area contributed by atoms with Crippen molar-refractivity contribution in [3.63, 3.8) is 0 Å². The van der Waals surface area contributed by atoms with Crippen molar-refractivity contribution in [3.8, 4) is 17.2 Å². The molecule has 142 valence electrons. The van der Waals surface area contributed by atoms with Crippen molar-refractivity contribution >= 4 is 21.7 Å². The molecule has 2 aliphatic heterocycles. The number of hydrogen-bond donors (Lipinski definition) is 0. The van der Waals surface area contributed by atoms with E-state index < -0.39 is 0 Å². The summed E-state index contributed by atoms with van der Waals surface area (Å²) in [5.41, 5.74) is 2.98. The lowest BCUT2D eigenvalue weighted by molar-refractivity contribution is -0.922. The number of hydrogen-bond acceptors (Lipinski definition) is 4. The van der Waals surface area contributed by atoms with E-state index in [0.717, 1.165) is 38.8 Å². The summed E-state index contributed by atoms with van der Waals surface area (Å²) in [5.74, 6) is 2.22. The fraction of sp³-hybridized carbons (Fsp3) is 0.381. The molecule has 0 N–H and O–H groups in total. The van der Waals surface area contributed by atoms with Crippen LogP contribution < -0.4 is 14.2 Å². The van der Waals surface area contributed by atoms with Crippen molar-refractivity contribution < 1.29 is 23.5 Å². The first-order chi connectivity index (χ1) is 12.9. The SMILES string of the molecule is COc1c2c(cc3c1C(CC(=O)c1ccc(Br)cc1)[N+](C)(C)CC3)OCO2. The summed E-state index contributed by atoms with van der Waals surface area (Å²) in [4.78, 5) is 13.0. The molecule has 5 nitrogen and oxygen atoms in total. The number of fused-ring (bicyclic) bond motifs is 2. The number of likely N-dealkylation sites (N-methyl/N-ethyl adjacent to an activating group) is 1. The Balaban J connectivity index is 1.76. The zero-order valence-corrected chi connectivity index (χ0v) is 17.3. The minimum absolute atomic E-state index is 0.00523. The second kappa shape index (κ2) is 6.84. The van der Waals surface area contributed by atoms with E-state index in [9.17, 15) is 4.79 Å². The van der Waals surface area contributed by atoms with Crippen molar-refractivity contribution in [2.24, 2.45) is 0 Å². The van der Waals surface area contributed by atoms with Crippen LogP contribution in [0.25, 0.3) is 0 Å². The Kier molecular flexibility index (Phi) is 4.64. The molecule has 2 heterocycles. The molecule has 2 aromatic carbocycles. The van der Waals surface area contributed by atoms with Gasteiger partial charge in [0.15, 0.2) is 17.3 Å². The second-order valence-corrected chi connectivity index (χ2v) is 8.53. The van der Waals surface area contributed by atoms with E-state index >= 15 is 0 Å². The lowest BCUT2D eigenvalue weighted by atomic mass is 9.86. The van der Waals surface area contributed by atoms with Crippen molar-refractivity contribution in [3.05, 3.63) is 51.5 Å². The number of halogens is 1. The van der Waals surface area contributed by atoms with Gasteiger partial charge in [-0.2, -0.15) is 0 Å². The van der Waals surface area contributed by atoms with Crippen LogP contribution in [0.15, 0.2) is 34.8 Å². The van der Waals surface area contributed by atoms with Crippen molar-refractivity contribution in [1.82, 2.24) is 0 Å². The first-order valence-electron chi connectivity index (χ1n) is 9.01. The number of Topliss-reactive ketones (excluding diaryl/α,β-unsaturated/α-hetero) is 1. The van der Waals surface area contributed by atoms with Gasteiger partial charge in [0.25, 0.3) is 0 Å². The van der Waals surface area contributed by atoms with E-state index in [-0.39, 0.29) is 18.6 Å². The molecule has 2 aromatic rings. The Morgan fingerprint density at radius 3 is 2.70 bits per heavy atom. The summed E-state index contributed by atoms with van der Waals surface area (Å²) in [6, 6.07) is 9.59. The van der Waals surface area contributed by atoms with Gasteiger partial charge in [-0.05, 0) is 23.8 Å². The van der Waals surface area contributed by atoms with Gasteiger partial charge in [-0.25, -0.2) is 0 Å². The van der Waals surface area contributed by atoms with Crippen LogP contribution in [0, 0.1) is 0 Å². The first kappa shape index (κ1) is 18.3. The minimum atomic E-state index is -0.00523. The zero-order valence-electron chi connectivity index (χ0n) is 15.8. The first-order valence-corrected chi connectivity index (χ1v) is 9.81. The number of ketones is 1. The smallest absolute Gasteiger partial charge is 0.231 e. The van der Waals surface area contributed by atoms with Crippen LogP contribution in [0.1, 0.15) is 33.9 Å². The molecule has 0 saturated carbocycles. The number of benzene rings is 2. The van der Waals surface area contributed by atoms with E-state index in [4.69, 9.17) is 14.2 Å². The molecule has 0 radical (unpaired) electrons. The highest BCUT2D eigenvalue weighted by Crippen LogP contribution is 2.51. The molecule has 6 heteroatoms. The maximum absolute atomic E-state index is 13.0. The molecule has 0 spiro atoms. The van der Waals surface area contributed by atoms with Gasteiger partial charge in [-0.3, -0.25) is 4.79 Å². The number of nitrogens with zero attached hydrogens (tertiary/aromatic N) is 1. The van der Waals surface area contributed by atoms with Gasteiger partial charge in [-0.15, -0.1) is 0 Å². The maximum atomic E-state index is 13.0. The molecule has 2 aliphatic rings. The molecule has 0 amide bonds. The van der Waals surface area contributed by atoms with Crippen LogP contribution in [0.3, 0.4) is 0 Å². The molecule has 0 fully saturated rings. The highest BCUT2D eigenvalue weighted by atomic mass is 79.9. The van der Waals surface area contributed by atoms with Crippen LogP contribution in [0.2, 0.25) is 0 Å². The number of ether oxygens (including phenoxy) is 3. The summed E-state index contributed by atoms with van der Waals surface area (Å²) in [6.45, 7) is 1.16. The summed E-state index contributed by atoms with van der Waals surface area (Å²) in [7, 11) is 6.00. The summed E-state index contributed by atoms with van der Waals surface area (Å²) < 4.78 is 18.7. The normalized spacial score (nSPS) is 19.5. The second-order valence-electron chi connectivity index (χ2n) is 7.62. The number of quaternary nitrogens is 1. The van der Waals surface area contributed by atoms with E-state index in [2.05, 4.69) is 36.1 Å². The van der Waals surface area contributed by atoms with Crippen molar-refractivity contribution in [2.75, 3.05) is 34.5 Å². The molecule has 1 unspecified atom stereocenters. The Morgan fingerprint density at radius 2 is 2.00 bits per heavy atom. The van der Waals surface area contributed by atoms with E-state index in [1.54, 1.807) is 7.11 Å². The summed E-state index contributed by atoms with van der Waals surface area (Å²) in [6.07, 6.45) is 1.33. The van der Waals surface area contributed by atoms with Crippen LogP contribution in [-0.4, -0.2) is 44.8 Å². The monoisotopic (exact) mass is 432 g/mol. The van der Waals surface area contributed by atoms with Crippen LogP contribution in [0.5, 0.6) is 17.2 Å². The van der Waals surface area contributed by atoms with Crippen molar-refractivity contribution in [2.45, 2.75) is 18.9 Å². The molecular weight excluding hydrogens is 410 g/mol. The van der Waals surface area contributed by atoms with Crippen LogP contribution in [-0.2, 0) is 6.42 Å². The van der Waals surface area contributed by atoms with Gasteiger partial charge < -0.3 is 18.7 Å². The van der Waals surface area contributed by atoms with Crippen LogP contribution >= 0.6 is 15.9 Å². The topological polar surface area (TPSA) is 44.8 Å². The molecule has 0 aromatic heterocycles. The Morgan fingerprint density at radius 1 is 1.26 bits per heavy atom. The third-order valence-corrected chi connectivity index (χ3v) is 6.16. The van der Waals surface area contributed by atoms with Gasteiger partial charge in [-0.1, -0.05) is 28.1 Å². The molecule has 0 aliphatic carbocycles. The highest BCUT2D eigenvalue weighted by Gasteiger charge is 2.42. The maximum Gasteiger partial charge on any atom is 0.231 e. The van der Waals surface area contributed by atoms with E-state index in [1.165, 1.54) is 5.56 Å². The van der Waals surface area contributed by atoms with Crippen LogP contribution in [0.4, 0.5) is 0 Å². The van der Waals surface area contributed by atoms with E-state index in [1.807, 2.05) is 24.3 Å². The van der Waals surface area contributed by atoms with E-state index in [0.29, 0.717) is 17.9 Å². The fourth-order valence-corrected chi connectivity index (χ4v) is 4.31. The minimum Gasteiger partial charge on any atom is -0.492 e. The summed E-state index contributed by atoms with van der Waals surface area (Å²) >= 11 is 3.42. The van der Waals surface area contributed by atoms with Gasteiger partial charge in [0.1, 0.15) is 6.04 Å². The van der Waals surface area contributed by atoms with Gasteiger partial charge in [0.05, 0.1) is 39.7 Å². The standard InChI is InChI=1S/C21H23BrNO4/c1-23(2)9-8-14-10-18-20(27-12-26-18)21(25-3)19(14)16(23)11-17(24)13-4-6-15(22)7-5-13/h4-7,10,16H,8-9,11-12H2,1-3H3/q+1. The molecule has 0 bridgehead atoms. The quantitative estimate of drug-likeness (QED) is 0.537. The molecule has 4 rings (SSSR count). The molecule has 27 heavy (non-hydrogen) atoms. The average Bonchev–Trinajstić information content (AvgIpc) is 3.11. The molecule has 1 atom stereocenters. The van der Waals surface area contributed by atoms with Gasteiger partial charge in [0.2, 0.25) is 12.5 Å². The Bertz CT molecular complexity index is 892. The van der Waals surface area contributed by atoms with Gasteiger partial charge >= 0.3 is 0 Å². The molecule has 0 saturated heterocycles. The van der Waals surface area contributed by atoms with Gasteiger partial charge in [0, 0.05) is 16.5 Å². The number of carbonyl (C=O) groups is 1. The Labute approximate surface area is 167 Å². The number of methoxy groups -OCH3 is 1. The lowest BCUT2D eigenvalue weighted by Crippen LogP contribution is -2.48. The Hall–Kier alpha value is -2.05. The third-order valence-electron chi connectivity index (χ3n) is 5.63. The largest absolute Gasteiger partial charge is 0.492 e. The average molecular weight is 433 g/mol. The highest BCUT2D eigenvalue weighted by molar-refractivity contribution is 9.10.